The Kier molecular flexibility index (Phi) is 4.67. The number of ether oxygens (including phenoxy) is 2. The zero-order valence-electron chi connectivity index (χ0n) is 13.8. The van der Waals surface area contributed by atoms with Crippen molar-refractivity contribution in [3.8, 4) is 11.5 Å². The van der Waals surface area contributed by atoms with Crippen molar-refractivity contribution in [2.24, 2.45) is 0 Å². The second-order valence-electron chi connectivity index (χ2n) is 5.89. The molecule has 0 fully saturated rings. The van der Waals surface area contributed by atoms with E-state index in [-0.39, 0.29) is 0 Å². The van der Waals surface area contributed by atoms with Crippen molar-refractivity contribution in [1.82, 2.24) is 15.1 Å². The van der Waals surface area contributed by atoms with Crippen LogP contribution >= 0.6 is 0 Å². The van der Waals surface area contributed by atoms with Crippen LogP contribution in [0.1, 0.15) is 25.5 Å². The maximum Gasteiger partial charge on any atom is 0.130 e. The summed E-state index contributed by atoms with van der Waals surface area (Å²) in [7, 11) is 1.66. The molecule has 0 spiro atoms. The third-order valence-electron chi connectivity index (χ3n) is 4.31. The minimum atomic E-state index is 0.298. The molecular formula is C18H23N3O2. The smallest absolute Gasteiger partial charge is 0.130 e. The first-order chi connectivity index (χ1) is 11.2. The second kappa shape index (κ2) is 6.87. The van der Waals surface area contributed by atoms with Gasteiger partial charge in [-0.05, 0) is 43.7 Å². The van der Waals surface area contributed by atoms with E-state index in [4.69, 9.17) is 9.47 Å². The van der Waals surface area contributed by atoms with Crippen LogP contribution < -0.4 is 14.8 Å². The molecule has 1 aliphatic rings. The highest BCUT2D eigenvalue weighted by Crippen LogP contribution is 2.30. The summed E-state index contributed by atoms with van der Waals surface area (Å²) in [5.41, 5.74) is 2.34. The highest BCUT2D eigenvalue weighted by Gasteiger charge is 2.16. The quantitative estimate of drug-likeness (QED) is 0.891. The Balaban J connectivity index is 1.61. The molecule has 2 heterocycles. The molecule has 2 aromatic rings. The Hall–Kier alpha value is -2.27. The molecule has 0 radical (unpaired) electrons. The molecule has 0 saturated carbocycles. The van der Waals surface area contributed by atoms with Gasteiger partial charge in [0.1, 0.15) is 18.1 Å². The van der Waals surface area contributed by atoms with Crippen LogP contribution in [-0.4, -0.2) is 36.1 Å². The van der Waals surface area contributed by atoms with Gasteiger partial charge in [0, 0.05) is 36.6 Å². The van der Waals surface area contributed by atoms with Gasteiger partial charge in [-0.15, -0.1) is 0 Å². The Labute approximate surface area is 136 Å². The Morgan fingerprint density at radius 1 is 1.39 bits per heavy atom. The van der Waals surface area contributed by atoms with Crippen molar-refractivity contribution >= 4 is 6.08 Å². The van der Waals surface area contributed by atoms with Crippen molar-refractivity contribution in [2.75, 3.05) is 20.3 Å². The first kappa shape index (κ1) is 15.6. The lowest BCUT2D eigenvalue weighted by Crippen LogP contribution is -2.36. The van der Waals surface area contributed by atoms with E-state index in [1.54, 1.807) is 7.11 Å². The van der Waals surface area contributed by atoms with Crippen LogP contribution in [0.4, 0.5) is 0 Å². The molecule has 1 aromatic carbocycles. The summed E-state index contributed by atoms with van der Waals surface area (Å²) < 4.78 is 13.0. The number of nitrogens with zero attached hydrogens (tertiary/aromatic N) is 2. The van der Waals surface area contributed by atoms with Gasteiger partial charge in [-0.25, -0.2) is 0 Å². The fourth-order valence-corrected chi connectivity index (χ4v) is 2.63. The minimum Gasteiger partial charge on any atom is -0.497 e. The van der Waals surface area contributed by atoms with E-state index in [0.717, 1.165) is 23.6 Å². The van der Waals surface area contributed by atoms with Crippen molar-refractivity contribution in [3.05, 3.63) is 47.8 Å². The fraction of sp³-hybridized carbons (Fsp3) is 0.389. The van der Waals surface area contributed by atoms with Crippen LogP contribution in [0.5, 0.6) is 11.5 Å². The maximum atomic E-state index is 5.84. The average molecular weight is 313 g/mol. The molecule has 23 heavy (non-hydrogen) atoms. The molecule has 0 unspecified atom stereocenters. The molecule has 0 saturated heterocycles. The lowest BCUT2D eigenvalue weighted by molar-refractivity contribution is 0.329. The van der Waals surface area contributed by atoms with Gasteiger partial charge in [0.2, 0.25) is 0 Å². The van der Waals surface area contributed by atoms with Crippen LogP contribution in [0.15, 0.2) is 42.2 Å². The largest absolute Gasteiger partial charge is 0.497 e. The van der Waals surface area contributed by atoms with Crippen LogP contribution in [-0.2, 0) is 0 Å². The van der Waals surface area contributed by atoms with Crippen molar-refractivity contribution in [2.45, 2.75) is 25.9 Å². The molecular weight excluding hydrogens is 290 g/mol. The molecule has 122 valence electrons. The molecule has 1 N–H and O–H groups in total. The number of hydrogen-bond acceptors (Lipinski definition) is 4. The normalized spacial score (nSPS) is 16.0. The number of methoxy groups -OCH3 is 1. The SMILES string of the molecule is COc1ccc2c(c1)OCC(CN[C@H](C)[C@@H](C)n1cccn1)=C2. The highest BCUT2D eigenvalue weighted by molar-refractivity contribution is 5.63. The summed E-state index contributed by atoms with van der Waals surface area (Å²) >= 11 is 0. The molecule has 5 nitrogen and oxygen atoms in total. The van der Waals surface area contributed by atoms with Crippen LogP contribution in [0.2, 0.25) is 0 Å². The molecule has 1 aliphatic heterocycles. The van der Waals surface area contributed by atoms with Crippen LogP contribution in [0, 0.1) is 0 Å². The van der Waals surface area contributed by atoms with Gasteiger partial charge in [-0.3, -0.25) is 4.68 Å². The highest BCUT2D eigenvalue weighted by atomic mass is 16.5. The molecule has 2 atom stereocenters. The average Bonchev–Trinajstić information content (AvgIpc) is 3.12. The molecule has 0 aliphatic carbocycles. The molecule has 1 aromatic heterocycles. The van der Waals surface area contributed by atoms with E-state index in [9.17, 15) is 0 Å². The number of hydrogen-bond donors (Lipinski definition) is 1. The number of nitrogens with one attached hydrogen (secondary N) is 1. The summed E-state index contributed by atoms with van der Waals surface area (Å²) in [6, 6.07) is 8.48. The zero-order chi connectivity index (χ0) is 16.2. The van der Waals surface area contributed by atoms with Gasteiger partial charge in [-0.1, -0.05) is 0 Å². The standard InChI is InChI=1S/C18H23N3O2/c1-13(14(2)21-8-4-7-20-21)19-11-15-9-16-5-6-17(22-3)10-18(16)23-12-15/h4-10,13-14,19H,11-12H2,1-3H3/t13-,14-/m1/s1. The molecule has 0 amide bonds. The van der Waals surface area contributed by atoms with Crippen molar-refractivity contribution in [3.63, 3.8) is 0 Å². The summed E-state index contributed by atoms with van der Waals surface area (Å²) in [5.74, 6) is 1.70. The predicted molar refractivity (Wildman–Crippen MR) is 90.9 cm³/mol. The Morgan fingerprint density at radius 2 is 2.26 bits per heavy atom. The lowest BCUT2D eigenvalue weighted by atomic mass is 10.1. The van der Waals surface area contributed by atoms with Gasteiger partial charge >= 0.3 is 0 Å². The van der Waals surface area contributed by atoms with Gasteiger partial charge in [0.15, 0.2) is 0 Å². The number of aromatic nitrogens is 2. The first-order valence-electron chi connectivity index (χ1n) is 7.90. The topological polar surface area (TPSA) is 48.3 Å². The minimum absolute atomic E-state index is 0.298. The van der Waals surface area contributed by atoms with Gasteiger partial charge < -0.3 is 14.8 Å². The van der Waals surface area contributed by atoms with E-state index in [1.807, 2.05) is 41.3 Å². The number of rotatable bonds is 6. The summed E-state index contributed by atoms with van der Waals surface area (Å²) in [6.45, 7) is 5.75. The van der Waals surface area contributed by atoms with E-state index in [1.165, 1.54) is 5.57 Å². The van der Waals surface area contributed by atoms with E-state index in [0.29, 0.717) is 18.7 Å². The number of fused-ring (bicyclic) bond motifs is 1. The third kappa shape index (κ3) is 3.56. The van der Waals surface area contributed by atoms with Crippen LogP contribution in [0.3, 0.4) is 0 Å². The van der Waals surface area contributed by atoms with Gasteiger partial charge in [0.25, 0.3) is 0 Å². The number of benzene rings is 1. The third-order valence-corrected chi connectivity index (χ3v) is 4.31. The summed E-state index contributed by atoms with van der Waals surface area (Å²) in [5, 5.41) is 7.86. The first-order valence-corrected chi connectivity index (χ1v) is 7.90. The summed E-state index contributed by atoms with van der Waals surface area (Å²) in [6.07, 6.45) is 6.00. The van der Waals surface area contributed by atoms with Crippen molar-refractivity contribution < 1.29 is 9.47 Å². The Morgan fingerprint density at radius 3 is 3.00 bits per heavy atom. The Bertz CT molecular complexity index is 680. The van der Waals surface area contributed by atoms with Gasteiger partial charge in [0.05, 0.1) is 13.2 Å². The fourth-order valence-electron chi connectivity index (χ4n) is 2.63. The zero-order valence-corrected chi connectivity index (χ0v) is 13.8. The van der Waals surface area contributed by atoms with Gasteiger partial charge in [-0.2, -0.15) is 5.10 Å². The van der Waals surface area contributed by atoms with E-state index >= 15 is 0 Å². The lowest BCUT2D eigenvalue weighted by Gasteiger charge is -2.24. The monoisotopic (exact) mass is 313 g/mol. The molecule has 5 heteroatoms. The maximum absolute atomic E-state index is 5.84. The summed E-state index contributed by atoms with van der Waals surface area (Å²) in [4.78, 5) is 0. The van der Waals surface area contributed by atoms with Crippen molar-refractivity contribution in [1.29, 1.82) is 0 Å². The second-order valence-corrected chi connectivity index (χ2v) is 5.89. The molecule has 0 bridgehead atoms. The molecule has 3 rings (SSSR count). The van der Waals surface area contributed by atoms with E-state index < -0.39 is 0 Å². The van der Waals surface area contributed by atoms with Crippen LogP contribution in [0.25, 0.3) is 6.08 Å². The predicted octanol–water partition coefficient (Wildman–Crippen LogP) is 2.91. The van der Waals surface area contributed by atoms with E-state index in [2.05, 4.69) is 30.3 Å².